The average molecular weight is 346 g/mol. The highest BCUT2D eigenvalue weighted by Crippen LogP contribution is 2.35. The minimum absolute atomic E-state index is 0.162. The van der Waals surface area contributed by atoms with Crippen molar-refractivity contribution in [1.82, 2.24) is 0 Å². The summed E-state index contributed by atoms with van der Waals surface area (Å²) < 4.78 is 10.6. The lowest BCUT2D eigenvalue weighted by Gasteiger charge is -2.30. The molecule has 5 nitrogen and oxygen atoms in total. The Kier molecular flexibility index (Phi) is 7.09. The molecule has 0 spiro atoms. The molecule has 0 heterocycles. The van der Waals surface area contributed by atoms with Crippen molar-refractivity contribution in [3.8, 4) is 0 Å². The minimum atomic E-state index is -0.608. The molecule has 1 aliphatic carbocycles. The first-order valence-electron chi connectivity index (χ1n) is 8.19. The zero-order chi connectivity index (χ0) is 19.2. The van der Waals surface area contributed by atoms with Gasteiger partial charge in [-0.15, -0.1) is 0 Å². The zero-order valence-corrected chi connectivity index (χ0v) is 15.7. The molecule has 25 heavy (non-hydrogen) atoms. The molecule has 0 bridgehead atoms. The van der Waals surface area contributed by atoms with Crippen LogP contribution in [0, 0.1) is 5.41 Å². The predicted octanol–water partition coefficient (Wildman–Crippen LogP) is 3.47. The first kappa shape index (κ1) is 20.6. The molecule has 0 saturated carbocycles. The Morgan fingerprint density at radius 1 is 1.20 bits per heavy atom. The van der Waals surface area contributed by atoms with Crippen molar-refractivity contribution in [2.45, 2.75) is 47.6 Å². The van der Waals surface area contributed by atoms with Crippen LogP contribution >= 0.6 is 0 Å². The van der Waals surface area contributed by atoms with Gasteiger partial charge in [-0.25, -0.2) is 9.59 Å². The van der Waals surface area contributed by atoms with Crippen LogP contribution < -0.4 is 0 Å². The van der Waals surface area contributed by atoms with Gasteiger partial charge < -0.3 is 9.47 Å². The zero-order valence-electron chi connectivity index (χ0n) is 15.7. The van der Waals surface area contributed by atoms with E-state index in [0.29, 0.717) is 16.7 Å². The van der Waals surface area contributed by atoms with E-state index in [1.807, 2.05) is 19.9 Å². The van der Waals surface area contributed by atoms with E-state index in [0.717, 1.165) is 6.29 Å². The van der Waals surface area contributed by atoms with Gasteiger partial charge in [0.05, 0.1) is 5.57 Å². The van der Waals surface area contributed by atoms with Crippen LogP contribution in [0.1, 0.15) is 41.5 Å². The molecule has 0 fully saturated rings. The van der Waals surface area contributed by atoms with Crippen molar-refractivity contribution >= 4 is 18.2 Å². The number of esters is 2. The maximum atomic E-state index is 12.4. The molecule has 0 amide bonds. The summed E-state index contributed by atoms with van der Waals surface area (Å²) in [6, 6.07) is 0. The molecule has 0 N–H and O–H groups in total. The van der Waals surface area contributed by atoms with Crippen LogP contribution in [-0.4, -0.2) is 30.9 Å². The third kappa shape index (κ3) is 5.02. The Labute approximate surface area is 149 Å². The smallest absolute Gasteiger partial charge is 0.338 e. The van der Waals surface area contributed by atoms with Gasteiger partial charge in [-0.05, 0) is 39.3 Å². The fourth-order valence-corrected chi connectivity index (χ4v) is 2.42. The largest absolute Gasteiger partial charge is 0.457 e. The number of rotatable bonds is 6. The lowest BCUT2D eigenvalue weighted by molar-refractivity contribution is -0.143. The summed E-state index contributed by atoms with van der Waals surface area (Å²) in [5.74, 6) is -1.05. The topological polar surface area (TPSA) is 69.7 Å². The van der Waals surface area contributed by atoms with E-state index in [2.05, 4.69) is 0 Å². The van der Waals surface area contributed by atoms with E-state index in [9.17, 15) is 14.4 Å². The summed E-state index contributed by atoms with van der Waals surface area (Å²) in [7, 11) is 0. The standard InChI is InChI=1S/C20H26O5/c1-7-13(3)18(22)24-12-15(8-2)19(23)25-17-9-10-20(5,6)16(11-21)14(17)4/h7-11,17H,12H2,1-6H3. The first-order valence-corrected chi connectivity index (χ1v) is 8.19. The Balaban J connectivity index is 2.82. The lowest BCUT2D eigenvalue weighted by atomic mass is 9.77. The Morgan fingerprint density at radius 2 is 1.84 bits per heavy atom. The number of hydrogen-bond donors (Lipinski definition) is 0. The van der Waals surface area contributed by atoms with Gasteiger partial charge in [0.25, 0.3) is 0 Å². The molecule has 0 aliphatic heterocycles. The van der Waals surface area contributed by atoms with Gasteiger partial charge in [-0.1, -0.05) is 32.1 Å². The maximum absolute atomic E-state index is 12.4. The predicted molar refractivity (Wildman–Crippen MR) is 95.7 cm³/mol. The minimum Gasteiger partial charge on any atom is -0.457 e. The van der Waals surface area contributed by atoms with Crippen LogP contribution in [0.3, 0.4) is 0 Å². The number of carbonyl (C=O) groups excluding carboxylic acids is 3. The fraction of sp³-hybridized carbons (Fsp3) is 0.450. The van der Waals surface area contributed by atoms with Gasteiger partial charge in [0.1, 0.15) is 19.0 Å². The molecule has 1 aliphatic rings. The third-order valence-corrected chi connectivity index (χ3v) is 4.31. The first-order chi connectivity index (χ1) is 11.7. The molecule has 1 unspecified atom stereocenters. The van der Waals surface area contributed by atoms with Crippen molar-refractivity contribution in [3.05, 3.63) is 46.6 Å². The van der Waals surface area contributed by atoms with E-state index in [1.54, 1.807) is 45.9 Å². The highest BCUT2D eigenvalue weighted by Gasteiger charge is 2.31. The van der Waals surface area contributed by atoms with Gasteiger partial charge in [-0.2, -0.15) is 0 Å². The second kappa shape index (κ2) is 8.60. The van der Waals surface area contributed by atoms with Crippen molar-refractivity contribution in [1.29, 1.82) is 0 Å². The summed E-state index contributed by atoms with van der Waals surface area (Å²) in [4.78, 5) is 35.4. The summed E-state index contributed by atoms with van der Waals surface area (Å²) in [5.41, 5.74) is 1.63. The van der Waals surface area contributed by atoms with E-state index in [-0.39, 0.29) is 12.2 Å². The summed E-state index contributed by atoms with van der Waals surface area (Å²) >= 11 is 0. The lowest BCUT2D eigenvalue weighted by Crippen LogP contribution is -2.28. The molecule has 0 aromatic heterocycles. The van der Waals surface area contributed by atoms with Gasteiger partial charge in [-0.3, -0.25) is 4.79 Å². The summed E-state index contributed by atoms with van der Waals surface area (Å²) in [6.45, 7) is 10.5. The number of ether oxygens (including phenoxy) is 2. The molecule has 1 atom stereocenters. The van der Waals surface area contributed by atoms with Gasteiger partial charge in [0.15, 0.2) is 0 Å². The molecular weight excluding hydrogens is 320 g/mol. The number of hydrogen-bond acceptors (Lipinski definition) is 5. The van der Waals surface area contributed by atoms with Gasteiger partial charge >= 0.3 is 11.9 Å². The Morgan fingerprint density at radius 3 is 2.36 bits per heavy atom. The van der Waals surface area contributed by atoms with Crippen molar-refractivity contribution < 1.29 is 23.9 Å². The monoisotopic (exact) mass is 346 g/mol. The summed E-state index contributed by atoms with van der Waals surface area (Å²) in [5, 5.41) is 0. The average Bonchev–Trinajstić information content (AvgIpc) is 2.57. The van der Waals surface area contributed by atoms with Gasteiger partial charge in [0.2, 0.25) is 0 Å². The van der Waals surface area contributed by atoms with Crippen LogP contribution in [-0.2, 0) is 23.9 Å². The SMILES string of the molecule is CC=C(C)C(=O)OCC(=CC)C(=O)OC1C=CC(C)(C)C(C=O)=C1C. The van der Waals surface area contributed by atoms with Crippen LogP contribution in [0.25, 0.3) is 0 Å². The van der Waals surface area contributed by atoms with E-state index < -0.39 is 23.5 Å². The molecule has 5 heteroatoms. The number of allylic oxidation sites excluding steroid dienone is 4. The molecule has 0 saturated heterocycles. The summed E-state index contributed by atoms with van der Waals surface area (Å²) in [6.07, 6.45) is 7.01. The second-order valence-electron chi connectivity index (χ2n) is 6.48. The highest BCUT2D eigenvalue weighted by atomic mass is 16.6. The third-order valence-electron chi connectivity index (χ3n) is 4.31. The van der Waals surface area contributed by atoms with E-state index >= 15 is 0 Å². The Hall–Kier alpha value is -2.43. The highest BCUT2D eigenvalue weighted by molar-refractivity contribution is 5.91. The molecule has 0 aromatic rings. The Bertz CT molecular complexity index is 674. The van der Waals surface area contributed by atoms with Crippen LogP contribution in [0.4, 0.5) is 0 Å². The quantitative estimate of drug-likeness (QED) is 0.319. The van der Waals surface area contributed by atoms with E-state index in [1.165, 1.54) is 0 Å². The van der Waals surface area contributed by atoms with Crippen LogP contribution in [0.2, 0.25) is 0 Å². The molecule has 0 radical (unpaired) electrons. The van der Waals surface area contributed by atoms with Crippen LogP contribution in [0.15, 0.2) is 46.6 Å². The molecule has 136 valence electrons. The molecular formula is C20H26O5. The van der Waals surface area contributed by atoms with Crippen molar-refractivity contribution in [3.63, 3.8) is 0 Å². The fourth-order valence-electron chi connectivity index (χ4n) is 2.42. The van der Waals surface area contributed by atoms with Crippen molar-refractivity contribution in [2.75, 3.05) is 6.61 Å². The number of aldehydes is 1. The molecule has 0 aromatic carbocycles. The van der Waals surface area contributed by atoms with E-state index in [4.69, 9.17) is 9.47 Å². The van der Waals surface area contributed by atoms with Crippen LogP contribution in [0.5, 0.6) is 0 Å². The van der Waals surface area contributed by atoms with Gasteiger partial charge in [0, 0.05) is 16.6 Å². The normalized spacial score (nSPS) is 20.3. The van der Waals surface area contributed by atoms with Crippen molar-refractivity contribution in [2.24, 2.45) is 5.41 Å². The maximum Gasteiger partial charge on any atom is 0.338 e. The molecule has 1 rings (SSSR count). The second-order valence-corrected chi connectivity index (χ2v) is 6.48. The number of carbonyl (C=O) groups is 3.